The molecule has 0 saturated heterocycles. The highest BCUT2D eigenvalue weighted by atomic mass is 32.1. The molecule has 0 aliphatic rings. The van der Waals surface area contributed by atoms with E-state index in [1.165, 1.54) is 11.7 Å². The summed E-state index contributed by atoms with van der Waals surface area (Å²) in [5.41, 5.74) is 1.97. The number of nitrogens with zero attached hydrogens (tertiary/aromatic N) is 2. The Morgan fingerprint density at radius 3 is 2.61 bits per heavy atom. The second kappa shape index (κ2) is 6.35. The smallest absolute Gasteiger partial charge is 0.168 e. The third-order valence-corrected chi connectivity index (χ3v) is 2.96. The Hall–Kier alpha value is -1.62. The molecule has 18 heavy (non-hydrogen) atoms. The SMILES string of the molecule is CCCOc1ccc(-c2nsnc2NCC)cc1. The summed E-state index contributed by atoms with van der Waals surface area (Å²) in [5, 5.41) is 3.21. The summed E-state index contributed by atoms with van der Waals surface area (Å²) in [6.45, 7) is 5.74. The molecule has 1 heterocycles. The number of ether oxygens (including phenoxy) is 1. The van der Waals surface area contributed by atoms with Gasteiger partial charge in [-0.15, -0.1) is 0 Å². The van der Waals surface area contributed by atoms with E-state index in [-0.39, 0.29) is 0 Å². The van der Waals surface area contributed by atoms with E-state index in [1.807, 2.05) is 31.2 Å². The first-order valence-electron chi connectivity index (χ1n) is 6.14. The number of nitrogens with one attached hydrogen (secondary N) is 1. The molecule has 0 atom stereocenters. The van der Waals surface area contributed by atoms with Gasteiger partial charge in [-0.25, -0.2) is 0 Å². The van der Waals surface area contributed by atoms with Crippen LogP contribution in [0, 0.1) is 0 Å². The van der Waals surface area contributed by atoms with E-state index >= 15 is 0 Å². The summed E-state index contributed by atoms with van der Waals surface area (Å²) in [4.78, 5) is 0. The van der Waals surface area contributed by atoms with Crippen LogP contribution in [-0.2, 0) is 0 Å². The van der Waals surface area contributed by atoms with Gasteiger partial charge in [0, 0.05) is 12.1 Å². The lowest BCUT2D eigenvalue weighted by atomic mass is 10.1. The summed E-state index contributed by atoms with van der Waals surface area (Å²) in [6.07, 6.45) is 1.02. The van der Waals surface area contributed by atoms with Crippen LogP contribution in [0.5, 0.6) is 5.75 Å². The first kappa shape index (κ1) is 12.8. The Bertz CT molecular complexity index is 481. The Morgan fingerprint density at radius 1 is 1.17 bits per heavy atom. The molecule has 2 rings (SSSR count). The van der Waals surface area contributed by atoms with Crippen LogP contribution in [0.1, 0.15) is 20.3 Å². The van der Waals surface area contributed by atoms with E-state index in [0.717, 1.165) is 42.4 Å². The fourth-order valence-corrected chi connectivity index (χ4v) is 2.14. The van der Waals surface area contributed by atoms with Crippen molar-refractivity contribution < 1.29 is 4.74 Å². The van der Waals surface area contributed by atoms with Crippen molar-refractivity contribution in [3.05, 3.63) is 24.3 Å². The van der Waals surface area contributed by atoms with Crippen molar-refractivity contribution in [2.24, 2.45) is 0 Å². The molecule has 0 radical (unpaired) electrons. The van der Waals surface area contributed by atoms with Crippen LogP contribution < -0.4 is 10.1 Å². The molecule has 0 saturated carbocycles. The van der Waals surface area contributed by atoms with Gasteiger partial charge in [-0.05, 0) is 37.6 Å². The maximum Gasteiger partial charge on any atom is 0.168 e. The van der Waals surface area contributed by atoms with E-state index in [1.54, 1.807) is 0 Å². The first-order valence-corrected chi connectivity index (χ1v) is 6.87. The van der Waals surface area contributed by atoms with Gasteiger partial charge >= 0.3 is 0 Å². The fraction of sp³-hybridized carbons (Fsp3) is 0.385. The van der Waals surface area contributed by atoms with Gasteiger partial charge in [0.15, 0.2) is 5.82 Å². The summed E-state index contributed by atoms with van der Waals surface area (Å²) in [6, 6.07) is 7.98. The fourth-order valence-electron chi connectivity index (χ4n) is 1.59. The second-order valence-electron chi connectivity index (χ2n) is 3.86. The molecule has 0 aliphatic carbocycles. The first-order chi connectivity index (χ1) is 8.85. The van der Waals surface area contributed by atoms with Crippen molar-refractivity contribution >= 4 is 17.5 Å². The zero-order chi connectivity index (χ0) is 12.8. The van der Waals surface area contributed by atoms with Gasteiger partial charge in [-0.2, -0.15) is 8.75 Å². The molecule has 4 nitrogen and oxygen atoms in total. The van der Waals surface area contributed by atoms with E-state index < -0.39 is 0 Å². The van der Waals surface area contributed by atoms with Crippen LogP contribution in [0.2, 0.25) is 0 Å². The average Bonchev–Trinajstić information content (AvgIpc) is 2.86. The number of hydrogen-bond donors (Lipinski definition) is 1. The molecule has 0 unspecified atom stereocenters. The molecule has 1 aromatic carbocycles. The molecule has 0 spiro atoms. The Labute approximate surface area is 111 Å². The molecule has 2 aromatic rings. The van der Waals surface area contributed by atoms with Crippen LogP contribution in [0.3, 0.4) is 0 Å². The predicted octanol–water partition coefficient (Wildman–Crippen LogP) is 3.43. The van der Waals surface area contributed by atoms with Crippen molar-refractivity contribution in [3.8, 4) is 17.0 Å². The van der Waals surface area contributed by atoms with E-state index in [0.29, 0.717) is 0 Å². The third kappa shape index (κ3) is 2.98. The van der Waals surface area contributed by atoms with Crippen molar-refractivity contribution in [3.63, 3.8) is 0 Å². The van der Waals surface area contributed by atoms with Gasteiger partial charge in [0.05, 0.1) is 18.3 Å². The third-order valence-electron chi connectivity index (χ3n) is 2.43. The van der Waals surface area contributed by atoms with Crippen LogP contribution in [0.4, 0.5) is 5.82 Å². The highest BCUT2D eigenvalue weighted by molar-refractivity contribution is 6.99. The largest absolute Gasteiger partial charge is 0.494 e. The predicted molar refractivity (Wildman–Crippen MR) is 75.3 cm³/mol. The van der Waals surface area contributed by atoms with Crippen molar-refractivity contribution in [2.75, 3.05) is 18.5 Å². The number of aromatic nitrogens is 2. The summed E-state index contributed by atoms with van der Waals surface area (Å²) < 4.78 is 14.1. The Kier molecular flexibility index (Phi) is 4.52. The normalized spacial score (nSPS) is 10.3. The average molecular weight is 263 g/mol. The van der Waals surface area contributed by atoms with Crippen molar-refractivity contribution in [2.45, 2.75) is 20.3 Å². The summed E-state index contributed by atoms with van der Waals surface area (Å²) in [5.74, 6) is 1.75. The van der Waals surface area contributed by atoms with Crippen LogP contribution in [-0.4, -0.2) is 21.9 Å². The number of anilines is 1. The minimum atomic E-state index is 0.750. The minimum Gasteiger partial charge on any atom is -0.494 e. The zero-order valence-corrected chi connectivity index (χ0v) is 11.5. The van der Waals surface area contributed by atoms with Gasteiger partial charge in [0.25, 0.3) is 0 Å². The van der Waals surface area contributed by atoms with Gasteiger partial charge in [0.1, 0.15) is 11.4 Å². The zero-order valence-electron chi connectivity index (χ0n) is 10.6. The molecular formula is C13H17N3OS. The monoisotopic (exact) mass is 263 g/mol. The molecular weight excluding hydrogens is 246 g/mol. The van der Waals surface area contributed by atoms with Gasteiger partial charge in [-0.3, -0.25) is 0 Å². The van der Waals surface area contributed by atoms with Gasteiger partial charge < -0.3 is 10.1 Å². The van der Waals surface area contributed by atoms with E-state index in [9.17, 15) is 0 Å². The van der Waals surface area contributed by atoms with Crippen LogP contribution in [0.25, 0.3) is 11.3 Å². The molecule has 0 amide bonds. The molecule has 96 valence electrons. The highest BCUT2D eigenvalue weighted by Gasteiger charge is 2.09. The number of benzene rings is 1. The quantitative estimate of drug-likeness (QED) is 0.867. The molecule has 0 fully saturated rings. The molecule has 1 N–H and O–H groups in total. The maximum absolute atomic E-state index is 5.56. The minimum absolute atomic E-state index is 0.750. The van der Waals surface area contributed by atoms with E-state index in [4.69, 9.17) is 4.74 Å². The lowest BCUT2D eigenvalue weighted by Gasteiger charge is -2.06. The molecule has 1 aromatic heterocycles. The highest BCUT2D eigenvalue weighted by Crippen LogP contribution is 2.27. The van der Waals surface area contributed by atoms with Crippen LogP contribution >= 0.6 is 11.7 Å². The lowest BCUT2D eigenvalue weighted by molar-refractivity contribution is 0.317. The lowest BCUT2D eigenvalue weighted by Crippen LogP contribution is -1.98. The summed E-state index contributed by atoms with van der Waals surface area (Å²) in [7, 11) is 0. The molecule has 0 bridgehead atoms. The number of rotatable bonds is 6. The molecule has 0 aliphatic heterocycles. The maximum atomic E-state index is 5.56. The van der Waals surface area contributed by atoms with Crippen molar-refractivity contribution in [1.29, 1.82) is 0 Å². The Morgan fingerprint density at radius 2 is 1.94 bits per heavy atom. The van der Waals surface area contributed by atoms with Gasteiger partial charge in [-0.1, -0.05) is 6.92 Å². The van der Waals surface area contributed by atoms with Crippen LogP contribution in [0.15, 0.2) is 24.3 Å². The Balaban J connectivity index is 2.15. The van der Waals surface area contributed by atoms with E-state index in [2.05, 4.69) is 21.0 Å². The van der Waals surface area contributed by atoms with Gasteiger partial charge in [0.2, 0.25) is 0 Å². The number of hydrogen-bond acceptors (Lipinski definition) is 5. The standard InChI is InChI=1S/C13H17N3OS/c1-3-9-17-11-7-5-10(6-8-11)12-13(14-4-2)16-18-15-12/h5-8H,3-4,9H2,1-2H3,(H,14,16). The molecule has 5 heteroatoms. The van der Waals surface area contributed by atoms with Crippen molar-refractivity contribution in [1.82, 2.24) is 8.75 Å². The second-order valence-corrected chi connectivity index (χ2v) is 4.39. The summed E-state index contributed by atoms with van der Waals surface area (Å²) >= 11 is 1.23. The topological polar surface area (TPSA) is 47.0 Å².